The summed E-state index contributed by atoms with van der Waals surface area (Å²) in [6, 6.07) is 6.87. The van der Waals surface area contributed by atoms with Gasteiger partial charge in [0.25, 0.3) is 0 Å². The summed E-state index contributed by atoms with van der Waals surface area (Å²) in [7, 11) is 0. The smallest absolute Gasteiger partial charge is 0.0455 e. The fourth-order valence-corrected chi connectivity index (χ4v) is 1.65. The zero-order valence-corrected chi connectivity index (χ0v) is 9.77. The monoisotopic (exact) mass is 224 g/mol. The van der Waals surface area contributed by atoms with E-state index in [1.54, 1.807) is 0 Å². The molecular weight excluding hydrogens is 208 g/mol. The quantitative estimate of drug-likeness (QED) is 0.752. The van der Waals surface area contributed by atoms with Gasteiger partial charge in [-0.15, -0.1) is 0 Å². The number of hydrogen-bond donors (Lipinski definition) is 2. The molecule has 0 spiro atoms. The van der Waals surface area contributed by atoms with Crippen LogP contribution in [-0.4, -0.2) is 19.1 Å². The van der Waals surface area contributed by atoms with Crippen molar-refractivity contribution in [2.75, 3.05) is 18.4 Å². The van der Waals surface area contributed by atoms with Crippen LogP contribution in [0.4, 0.5) is 5.69 Å². The van der Waals surface area contributed by atoms with Crippen molar-refractivity contribution in [2.24, 2.45) is 0 Å². The molecule has 15 heavy (non-hydrogen) atoms. The van der Waals surface area contributed by atoms with E-state index in [0.717, 1.165) is 35.4 Å². The normalized spacial score (nSPS) is 15.3. The Morgan fingerprint density at radius 3 is 2.80 bits per heavy atom. The molecule has 1 aliphatic carbocycles. The molecule has 3 heteroatoms. The first-order chi connectivity index (χ1) is 7.25. The minimum Gasteiger partial charge on any atom is -0.384 e. The molecule has 0 unspecified atom stereocenters. The third kappa shape index (κ3) is 3.40. The van der Waals surface area contributed by atoms with Crippen LogP contribution in [0.3, 0.4) is 0 Å². The number of hydrogen-bond acceptors (Lipinski definition) is 2. The Hall–Kier alpha value is -0.730. The van der Waals surface area contributed by atoms with E-state index in [4.69, 9.17) is 11.6 Å². The Morgan fingerprint density at radius 1 is 1.33 bits per heavy atom. The lowest BCUT2D eigenvalue weighted by Gasteiger charge is -2.08. The Morgan fingerprint density at radius 2 is 2.13 bits per heavy atom. The van der Waals surface area contributed by atoms with Crippen molar-refractivity contribution >= 4 is 17.3 Å². The van der Waals surface area contributed by atoms with Gasteiger partial charge in [-0.25, -0.2) is 0 Å². The lowest BCUT2D eigenvalue weighted by Crippen LogP contribution is -2.23. The summed E-state index contributed by atoms with van der Waals surface area (Å²) in [6.07, 6.45) is 2.69. The highest BCUT2D eigenvalue weighted by atomic mass is 35.5. The Balaban J connectivity index is 1.74. The van der Waals surface area contributed by atoms with Crippen LogP contribution in [0.25, 0.3) is 0 Å². The van der Waals surface area contributed by atoms with Gasteiger partial charge in [-0.2, -0.15) is 0 Å². The fourth-order valence-electron chi connectivity index (χ4n) is 1.47. The fraction of sp³-hybridized carbons (Fsp3) is 0.500. The van der Waals surface area contributed by atoms with Gasteiger partial charge in [0, 0.05) is 29.8 Å². The topological polar surface area (TPSA) is 24.1 Å². The molecule has 82 valence electrons. The number of halogens is 1. The molecule has 0 amide bonds. The van der Waals surface area contributed by atoms with E-state index < -0.39 is 0 Å². The van der Waals surface area contributed by atoms with Crippen LogP contribution in [0.15, 0.2) is 18.2 Å². The summed E-state index contributed by atoms with van der Waals surface area (Å²) in [5.74, 6) is 0. The lowest BCUT2D eigenvalue weighted by atomic mass is 10.2. The van der Waals surface area contributed by atoms with Crippen LogP contribution in [0, 0.1) is 6.92 Å². The van der Waals surface area contributed by atoms with Crippen molar-refractivity contribution in [3.63, 3.8) is 0 Å². The predicted octanol–water partition coefficient (Wildman–Crippen LogP) is 2.81. The molecule has 1 saturated carbocycles. The minimum atomic E-state index is 0.786. The van der Waals surface area contributed by atoms with Gasteiger partial charge in [-0.3, -0.25) is 0 Å². The lowest BCUT2D eigenvalue weighted by molar-refractivity contribution is 0.701. The van der Waals surface area contributed by atoms with Crippen LogP contribution >= 0.6 is 11.6 Å². The average molecular weight is 225 g/mol. The van der Waals surface area contributed by atoms with Crippen LogP contribution in [0.2, 0.25) is 5.02 Å². The standard InChI is InChI=1S/C12H17ClN2/c1-9-2-3-11(8-12(9)13)15-7-6-14-10-4-5-10/h2-3,8,10,14-15H,4-7H2,1H3. The Kier molecular flexibility index (Phi) is 3.49. The maximum atomic E-state index is 6.03. The van der Waals surface area contributed by atoms with Crippen molar-refractivity contribution in [2.45, 2.75) is 25.8 Å². The van der Waals surface area contributed by atoms with E-state index in [0.29, 0.717) is 0 Å². The predicted molar refractivity (Wildman–Crippen MR) is 65.7 cm³/mol. The second kappa shape index (κ2) is 4.86. The number of benzene rings is 1. The second-order valence-corrected chi connectivity index (χ2v) is 4.53. The number of nitrogens with one attached hydrogen (secondary N) is 2. The molecule has 1 aromatic carbocycles. The van der Waals surface area contributed by atoms with Gasteiger partial charge >= 0.3 is 0 Å². The molecule has 1 aliphatic rings. The molecular formula is C12H17ClN2. The Bertz CT molecular complexity index is 334. The number of aryl methyl sites for hydroxylation is 1. The van der Waals surface area contributed by atoms with Gasteiger partial charge in [-0.1, -0.05) is 17.7 Å². The van der Waals surface area contributed by atoms with Gasteiger partial charge in [0.2, 0.25) is 0 Å². The summed E-state index contributed by atoms with van der Waals surface area (Å²) in [4.78, 5) is 0. The van der Waals surface area contributed by atoms with Gasteiger partial charge in [0.1, 0.15) is 0 Å². The highest BCUT2D eigenvalue weighted by Gasteiger charge is 2.19. The first-order valence-electron chi connectivity index (χ1n) is 5.49. The second-order valence-electron chi connectivity index (χ2n) is 4.12. The summed E-state index contributed by atoms with van der Waals surface area (Å²) < 4.78 is 0. The molecule has 0 saturated heterocycles. The highest BCUT2D eigenvalue weighted by Crippen LogP contribution is 2.20. The van der Waals surface area contributed by atoms with E-state index in [2.05, 4.69) is 16.7 Å². The largest absolute Gasteiger partial charge is 0.384 e. The minimum absolute atomic E-state index is 0.786. The van der Waals surface area contributed by atoms with Crippen molar-refractivity contribution in [1.82, 2.24) is 5.32 Å². The van der Waals surface area contributed by atoms with Gasteiger partial charge in [-0.05, 0) is 37.5 Å². The van der Waals surface area contributed by atoms with Crippen LogP contribution < -0.4 is 10.6 Å². The molecule has 0 aromatic heterocycles. The zero-order valence-electron chi connectivity index (χ0n) is 9.02. The average Bonchev–Trinajstić information content (AvgIpc) is 3.02. The van der Waals surface area contributed by atoms with Crippen molar-refractivity contribution in [1.29, 1.82) is 0 Å². The molecule has 2 N–H and O–H groups in total. The third-order valence-electron chi connectivity index (χ3n) is 2.64. The van der Waals surface area contributed by atoms with Crippen molar-refractivity contribution in [3.8, 4) is 0 Å². The molecule has 1 aromatic rings. The molecule has 0 heterocycles. The maximum absolute atomic E-state index is 6.03. The van der Waals surface area contributed by atoms with Gasteiger partial charge in [0.05, 0.1) is 0 Å². The summed E-state index contributed by atoms with van der Waals surface area (Å²) in [5.41, 5.74) is 2.22. The molecule has 0 aliphatic heterocycles. The van der Waals surface area contributed by atoms with E-state index >= 15 is 0 Å². The molecule has 0 atom stereocenters. The number of rotatable bonds is 5. The van der Waals surface area contributed by atoms with Crippen LogP contribution in [-0.2, 0) is 0 Å². The first kappa shape index (κ1) is 10.8. The van der Waals surface area contributed by atoms with Crippen LogP contribution in [0.5, 0.6) is 0 Å². The van der Waals surface area contributed by atoms with Crippen molar-refractivity contribution in [3.05, 3.63) is 28.8 Å². The molecule has 2 rings (SSSR count). The summed E-state index contributed by atoms with van der Waals surface area (Å²) in [6.45, 7) is 3.99. The summed E-state index contributed by atoms with van der Waals surface area (Å²) in [5, 5.41) is 7.64. The summed E-state index contributed by atoms with van der Waals surface area (Å²) >= 11 is 6.03. The zero-order chi connectivity index (χ0) is 10.7. The Labute approximate surface area is 96.0 Å². The van der Waals surface area contributed by atoms with Gasteiger partial charge < -0.3 is 10.6 Å². The molecule has 2 nitrogen and oxygen atoms in total. The molecule has 0 bridgehead atoms. The van der Waals surface area contributed by atoms with Gasteiger partial charge in [0.15, 0.2) is 0 Å². The SMILES string of the molecule is Cc1ccc(NCCNC2CC2)cc1Cl. The maximum Gasteiger partial charge on any atom is 0.0455 e. The molecule has 1 fully saturated rings. The van der Waals surface area contributed by atoms with Crippen molar-refractivity contribution < 1.29 is 0 Å². The number of anilines is 1. The molecule has 0 radical (unpaired) electrons. The van der Waals surface area contributed by atoms with E-state index in [9.17, 15) is 0 Å². The van der Waals surface area contributed by atoms with E-state index in [-0.39, 0.29) is 0 Å². The third-order valence-corrected chi connectivity index (χ3v) is 3.04. The van der Waals surface area contributed by atoms with E-state index in [1.807, 2.05) is 19.1 Å². The van der Waals surface area contributed by atoms with Crippen LogP contribution in [0.1, 0.15) is 18.4 Å². The highest BCUT2D eigenvalue weighted by molar-refractivity contribution is 6.31. The van der Waals surface area contributed by atoms with E-state index in [1.165, 1.54) is 12.8 Å². The first-order valence-corrected chi connectivity index (χ1v) is 5.87.